The normalized spacial score (nSPS) is 19.7. The molecule has 0 aliphatic carbocycles. The molecular formula is C10H14N2O4S2. The number of para-hydroxylation sites is 1. The van der Waals surface area contributed by atoms with Gasteiger partial charge in [0.25, 0.3) is 0 Å². The van der Waals surface area contributed by atoms with Gasteiger partial charge in [-0.1, -0.05) is 12.1 Å². The molecule has 0 unspecified atom stereocenters. The van der Waals surface area contributed by atoms with E-state index in [1.807, 2.05) is 0 Å². The molecule has 0 radical (unpaired) electrons. The lowest BCUT2D eigenvalue weighted by Gasteiger charge is -2.29. The summed E-state index contributed by atoms with van der Waals surface area (Å²) in [5, 5.41) is 5.10. The number of sulfonamides is 2. The minimum absolute atomic E-state index is 0.0337. The van der Waals surface area contributed by atoms with Crippen molar-refractivity contribution in [3.8, 4) is 0 Å². The Balaban J connectivity index is 2.58. The number of anilines is 1. The Kier molecular flexibility index (Phi) is 3.35. The van der Waals surface area contributed by atoms with Gasteiger partial charge in [-0.05, 0) is 25.0 Å². The van der Waals surface area contributed by atoms with E-state index in [1.165, 1.54) is 18.2 Å². The van der Waals surface area contributed by atoms with Crippen LogP contribution < -0.4 is 9.44 Å². The highest BCUT2D eigenvalue weighted by atomic mass is 32.2. The van der Waals surface area contributed by atoms with Crippen LogP contribution in [0.4, 0.5) is 5.69 Å². The fraction of sp³-hybridized carbons (Fsp3) is 0.400. The van der Waals surface area contributed by atoms with Crippen molar-refractivity contribution >= 4 is 25.7 Å². The van der Waals surface area contributed by atoms with E-state index in [-0.39, 0.29) is 22.9 Å². The molecule has 2 N–H and O–H groups in total. The predicted molar refractivity (Wildman–Crippen MR) is 68.2 cm³/mol. The molecule has 100 valence electrons. The number of nitrogens with zero attached hydrogens (tertiary/aromatic N) is 1. The standard InChI is InChI=1S/C10H14N2O4S2/c11-18(15,16)10-6-2-1-5-9(10)12-7-3-4-8-17(12,13)14/h1-2,5-6H,3-4,7-8H2,(H2,11,15,16). The second-order valence-electron chi connectivity index (χ2n) is 4.11. The highest BCUT2D eigenvalue weighted by Gasteiger charge is 2.29. The molecule has 0 spiro atoms. The number of rotatable bonds is 2. The van der Waals surface area contributed by atoms with Crippen molar-refractivity contribution in [2.75, 3.05) is 16.6 Å². The van der Waals surface area contributed by atoms with E-state index in [0.717, 1.165) is 4.31 Å². The lowest BCUT2D eigenvalue weighted by atomic mass is 10.3. The molecule has 0 amide bonds. The van der Waals surface area contributed by atoms with E-state index in [0.29, 0.717) is 12.8 Å². The fourth-order valence-corrected chi connectivity index (χ4v) is 4.41. The summed E-state index contributed by atoms with van der Waals surface area (Å²) >= 11 is 0. The summed E-state index contributed by atoms with van der Waals surface area (Å²) in [4.78, 5) is -0.157. The van der Waals surface area contributed by atoms with E-state index < -0.39 is 20.0 Å². The second kappa shape index (κ2) is 4.52. The zero-order chi connectivity index (χ0) is 13.4. The van der Waals surface area contributed by atoms with E-state index in [2.05, 4.69) is 0 Å². The van der Waals surface area contributed by atoms with Gasteiger partial charge in [-0.15, -0.1) is 0 Å². The third-order valence-electron chi connectivity index (χ3n) is 2.79. The zero-order valence-electron chi connectivity index (χ0n) is 9.61. The van der Waals surface area contributed by atoms with Gasteiger partial charge in [0.1, 0.15) is 4.90 Å². The summed E-state index contributed by atoms with van der Waals surface area (Å²) in [5.74, 6) is 0.0337. The maximum atomic E-state index is 12.0. The molecule has 6 nitrogen and oxygen atoms in total. The van der Waals surface area contributed by atoms with Crippen LogP contribution in [-0.4, -0.2) is 29.1 Å². The quantitative estimate of drug-likeness (QED) is 0.845. The molecule has 8 heteroatoms. The van der Waals surface area contributed by atoms with Crippen LogP contribution in [0.25, 0.3) is 0 Å². The fourth-order valence-electron chi connectivity index (χ4n) is 1.96. The topological polar surface area (TPSA) is 97.5 Å². The predicted octanol–water partition coefficient (Wildman–Crippen LogP) is 0.264. The van der Waals surface area contributed by atoms with Crippen molar-refractivity contribution in [3.63, 3.8) is 0 Å². The second-order valence-corrected chi connectivity index (χ2v) is 7.65. The first-order valence-electron chi connectivity index (χ1n) is 5.44. The Labute approximate surface area is 107 Å². The van der Waals surface area contributed by atoms with Crippen molar-refractivity contribution in [2.24, 2.45) is 5.14 Å². The van der Waals surface area contributed by atoms with Gasteiger partial charge in [-0.3, -0.25) is 4.31 Å². The lowest BCUT2D eigenvalue weighted by Crippen LogP contribution is -2.38. The summed E-state index contributed by atoms with van der Waals surface area (Å²) in [6.45, 7) is 0.287. The van der Waals surface area contributed by atoms with Gasteiger partial charge in [-0.2, -0.15) is 0 Å². The van der Waals surface area contributed by atoms with Crippen molar-refractivity contribution in [1.29, 1.82) is 0 Å². The van der Waals surface area contributed by atoms with Crippen LogP contribution in [0.3, 0.4) is 0 Å². The zero-order valence-corrected chi connectivity index (χ0v) is 11.2. The molecule has 1 aromatic carbocycles. The van der Waals surface area contributed by atoms with Crippen LogP contribution in [0.2, 0.25) is 0 Å². The van der Waals surface area contributed by atoms with Crippen LogP contribution in [0, 0.1) is 0 Å². The molecule has 1 aliphatic rings. The molecule has 1 aromatic rings. The summed E-state index contributed by atoms with van der Waals surface area (Å²) in [5.41, 5.74) is 0.139. The maximum Gasteiger partial charge on any atom is 0.240 e. The van der Waals surface area contributed by atoms with Crippen molar-refractivity contribution in [2.45, 2.75) is 17.7 Å². The molecule has 2 rings (SSSR count). The van der Waals surface area contributed by atoms with Gasteiger partial charge in [0.05, 0.1) is 11.4 Å². The molecule has 1 saturated heterocycles. The van der Waals surface area contributed by atoms with Gasteiger partial charge in [0, 0.05) is 6.54 Å². The van der Waals surface area contributed by atoms with Crippen molar-refractivity contribution in [1.82, 2.24) is 0 Å². The third kappa shape index (κ3) is 2.50. The van der Waals surface area contributed by atoms with Gasteiger partial charge < -0.3 is 0 Å². The summed E-state index contributed by atoms with van der Waals surface area (Å²) in [6, 6.07) is 5.88. The van der Waals surface area contributed by atoms with Gasteiger partial charge in [0.15, 0.2) is 0 Å². The Morgan fingerprint density at radius 2 is 1.83 bits per heavy atom. The molecule has 0 atom stereocenters. The number of primary sulfonamides is 1. The Morgan fingerprint density at radius 1 is 1.17 bits per heavy atom. The van der Waals surface area contributed by atoms with Crippen molar-refractivity contribution < 1.29 is 16.8 Å². The molecule has 0 saturated carbocycles. The Bertz CT molecular complexity index is 652. The molecular weight excluding hydrogens is 276 g/mol. The Hall–Kier alpha value is -1.12. The van der Waals surface area contributed by atoms with Crippen LogP contribution in [0.1, 0.15) is 12.8 Å². The molecule has 1 fully saturated rings. The number of hydrogen-bond donors (Lipinski definition) is 1. The van der Waals surface area contributed by atoms with Crippen LogP contribution in [0.5, 0.6) is 0 Å². The molecule has 1 aliphatic heterocycles. The van der Waals surface area contributed by atoms with Crippen molar-refractivity contribution in [3.05, 3.63) is 24.3 Å². The first-order chi connectivity index (χ1) is 8.32. The maximum absolute atomic E-state index is 12.0. The van der Waals surface area contributed by atoms with Gasteiger partial charge in [-0.25, -0.2) is 22.0 Å². The monoisotopic (exact) mass is 290 g/mol. The lowest BCUT2D eigenvalue weighted by molar-refractivity contribution is 0.573. The SMILES string of the molecule is NS(=O)(=O)c1ccccc1N1CCCCS1(=O)=O. The van der Waals surface area contributed by atoms with E-state index in [4.69, 9.17) is 5.14 Å². The molecule has 0 aromatic heterocycles. The number of nitrogens with two attached hydrogens (primary N) is 1. The van der Waals surface area contributed by atoms with Gasteiger partial charge in [0.2, 0.25) is 20.0 Å². The van der Waals surface area contributed by atoms with E-state index >= 15 is 0 Å². The van der Waals surface area contributed by atoms with Crippen LogP contribution in [-0.2, 0) is 20.0 Å². The number of benzene rings is 1. The summed E-state index contributed by atoms with van der Waals surface area (Å²) in [6.07, 6.45) is 1.30. The Morgan fingerprint density at radius 3 is 2.44 bits per heavy atom. The average Bonchev–Trinajstić information content (AvgIpc) is 2.27. The highest BCUT2D eigenvalue weighted by molar-refractivity contribution is 7.93. The highest BCUT2D eigenvalue weighted by Crippen LogP contribution is 2.29. The number of hydrogen-bond acceptors (Lipinski definition) is 4. The molecule has 18 heavy (non-hydrogen) atoms. The molecule has 0 bridgehead atoms. The molecule has 1 heterocycles. The third-order valence-corrected chi connectivity index (χ3v) is 5.60. The summed E-state index contributed by atoms with van der Waals surface area (Å²) < 4.78 is 48.0. The van der Waals surface area contributed by atoms with E-state index in [9.17, 15) is 16.8 Å². The van der Waals surface area contributed by atoms with Gasteiger partial charge >= 0.3 is 0 Å². The minimum atomic E-state index is -3.94. The first kappa shape index (κ1) is 13.3. The first-order valence-corrected chi connectivity index (χ1v) is 8.60. The largest absolute Gasteiger partial charge is 0.269 e. The average molecular weight is 290 g/mol. The summed E-state index contributed by atoms with van der Waals surface area (Å²) in [7, 11) is -7.39. The minimum Gasteiger partial charge on any atom is -0.269 e. The smallest absolute Gasteiger partial charge is 0.240 e. The van der Waals surface area contributed by atoms with E-state index in [1.54, 1.807) is 6.07 Å². The van der Waals surface area contributed by atoms with Crippen LogP contribution in [0.15, 0.2) is 29.2 Å². The van der Waals surface area contributed by atoms with Crippen LogP contribution >= 0.6 is 0 Å².